The number of aromatic amines is 1. The maximum atomic E-state index is 6.35. The van der Waals surface area contributed by atoms with Crippen molar-refractivity contribution in [2.75, 3.05) is 0 Å². The normalized spacial score (nSPS) is 11.1. The van der Waals surface area contributed by atoms with Gasteiger partial charge in [-0.2, -0.15) is 0 Å². The molecule has 0 amide bonds. The smallest absolute Gasteiger partial charge is 0.104 e. The van der Waals surface area contributed by atoms with Crippen LogP contribution in [0.15, 0.2) is 36.4 Å². The third kappa shape index (κ3) is 2.34. The van der Waals surface area contributed by atoms with Crippen molar-refractivity contribution in [2.24, 2.45) is 0 Å². The first-order valence-electron chi connectivity index (χ1n) is 6.02. The van der Waals surface area contributed by atoms with E-state index in [4.69, 9.17) is 23.2 Å². The Morgan fingerprint density at radius 1 is 1.16 bits per heavy atom. The summed E-state index contributed by atoms with van der Waals surface area (Å²) in [6.07, 6.45) is 0.723. The molecule has 2 aromatic carbocycles. The number of rotatable bonds is 2. The van der Waals surface area contributed by atoms with Crippen LogP contribution in [-0.2, 0) is 6.42 Å². The van der Waals surface area contributed by atoms with Crippen LogP contribution in [0.2, 0.25) is 10.0 Å². The molecular formula is C15H12Cl2N2. The summed E-state index contributed by atoms with van der Waals surface area (Å²) in [6, 6.07) is 12.0. The van der Waals surface area contributed by atoms with Gasteiger partial charge in [-0.05, 0) is 18.6 Å². The van der Waals surface area contributed by atoms with Crippen LogP contribution in [0.1, 0.15) is 17.0 Å². The van der Waals surface area contributed by atoms with E-state index < -0.39 is 0 Å². The highest BCUT2D eigenvalue weighted by molar-refractivity contribution is 6.43. The van der Waals surface area contributed by atoms with Crippen molar-refractivity contribution in [1.29, 1.82) is 0 Å². The van der Waals surface area contributed by atoms with E-state index in [1.807, 2.05) is 31.2 Å². The fraction of sp³-hybridized carbons (Fsp3) is 0.133. The zero-order valence-corrected chi connectivity index (χ0v) is 11.9. The Hall–Kier alpha value is -1.51. The molecule has 0 radical (unpaired) electrons. The van der Waals surface area contributed by atoms with Crippen molar-refractivity contribution < 1.29 is 0 Å². The number of imidazole rings is 1. The molecule has 0 fully saturated rings. The van der Waals surface area contributed by atoms with Crippen LogP contribution in [0, 0.1) is 6.92 Å². The fourth-order valence-corrected chi connectivity index (χ4v) is 2.68. The summed E-state index contributed by atoms with van der Waals surface area (Å²) in [5.41, 5.74) is 3.99. The number of nitrogens with zero attached hydrogens (tertiary/aromatic N) is 1. The molecular weight excluding hydrogens is 279 g/mol. The third-order valence-corrected chi connectivity index (χ3v) is 3.93. The lowest BCUT2D eigenvalue weighted by molar-refractivity contribution is 1.16. The standard InChI is InChI=1S/C15H12Cl2N2/c1-9-18-13-8-12(16)14(17)11(15(13)19-9)7-10-5-3-2-4-6-10/h2-6,8H,7H2,1H3,(H,18,19). The summed E-state index contributed by atoms with van der Waals surface area (Å²) in [5, 5.41) is 1.15. The zero-order chi connectivity index (χ0) is 13.4. The Kier molecular flexibility index (Phi) is 3.21. The second-order valence-corrected chi connectivity index (χ2v) is 5.32. The molecule has 1 aromatic heterocycles. The monoisotopic (exact) mass is 290 g/mol. The van der Waals surface area contributed by atoms with Gasteiger partial charge in [0.2, 0.25) is 0 Å². The van der Waals surface area contributed by atoms with E-state index in [9.17, 15) is 0 Å². The van der Waals surface area contributed by atoms with Crippen molar-refractivity contribution in [2.45, 2.75) is 13.3 Å². The second-order valence-electron chi connectivity index (χ2n) is 4.53. The lowest BCUT2D eigenvalue weighted by Gasteiger charge is -2.07. The van der Waals surface area contributed by atoms with E-state index in [1.165, 1.54) is 5.56 Å². The molecule has 1 N–H and O–H groups in total. The topological polar surface area (TPSA) is 28.7 Å². The Balaban J connectivity index is 2.18. The Morgan fingerprint density at radius 3 is 2.63 bits per heavy atom. The molecule has 0 aliphatic heterocycles. The minimum atomic E-state index is 0.559. The lowest BCUT2D eigenvalue weighted by atomic mass is 10.0. The van der Waals surface area contributed by atoms with Gasteiger partial charge in [0.1, 0.15) is 5.82 Å². The van der Waals surface area contributed by atoms with Gasteiger partial charge in [-0.25, -0.2) is 4.98 Å². The van der Waals surface area contributed by atoms with Crippen LogP contribution in [0.4, 0.5) is 0 Å². The van der Waals surface area contributed by atoms with Gasteiger partial charge in [-0.3, -0.25) is 0 Å². The molecule has 96 valence electrons. The fourth-order valence-electron chi connectivity index (χ4n) is 2.24. The number of hydrogen-bond acceptors (Lipinski definition) is 1. The van der Waals surface area contributed by atoms with E-state index in [-0.39, 0.29) is 0 Å². The van der Waals surface area contributed by atoms with E-state index in [0.717, 1.165) is 28.8 Å². The maximum Gasteiger partial charge on any atom is 0.104 e. The van der Waals surface area contributed by atoms with Gasteiger partial charge in [0.25, 0.3) is 0 Å². The molecule has 4 heteroatoms. The number of fused-ring (bicyclic) bond motifs is 1. The molecule has 0 aliphatic rings. The predicted octanol–water partition coefficient (Wildman–Crippen LogP) is 4.77. The van der Waals surface area contributed by atoms with Gasteiger partial charge in [0.05, 0.1) is 21.1 Å². The minimum Gasteiger partial charge on any atom is -0.342 e. The molecule has 0 bridgehead atoms. The number of hydrogen-bond donors (Lipinski definition) is 1. The average Bonchev–Trinajstić information content (AvgIpc) is 2.76. The summed E-state index contributed by atoms with van der Waals surface area (Å²) in [5.74, 6) is 0.864. The van der Waals surface area contributed by atoms with Crippen LogP contribution in [0.25, 0.3) is 11.0 Å². The molecule has 0 saturated carbocycles. The van der Waals surface area contributed by atoms with Crippen LogP contribution in [0.5, 0.6) is 0 Å². The summed E-state index contributed by atoms with van der Waals surface area (Å²) < 4.78 is 0. The number of H-pyrrole nitrogens is 1. The molecule has 0 atom stereocenters. The molecule has 3 rings (SSSR count). The molecule has 0 spiro atoms. The van der Waals surface area contributed by atoms with Gasteiger partial charge in [-0.1, -0.05) is 53.5 Å². The predicted molar refractivity (Wildman–Crippen MR) is 80.1 cm³/mol. The van der Waals surface area contributed by atoms with E-state index in [2.05, 4.69) is 22.1 Å². The molecule has 1 heterocycles. The lowest BCUT2D eigenvalue weighted by Crippen LogP contribution is -1.92. The van der Waals surface area contributed by atoms with Gasteiger partial charge in [-0.15, -0.1) is 0 Å². The zero-order valence-electron chi connectivity index (χ0n) is 10.4. The first kappa shape index (κ1) is 12.5. The molecule has 0 unspecified atom stereocenters. The molecule has 19 heavy (non-hydrogen) atoms. The van der Waals surface area contributed by atoms with Gasteiger partial charge < -0.3 is 4.98 Å². The van der Waals surface area contributed by atoms with Crippen LogP contribution >= 0.6 is 23.2 Å². The number of aryl methyl sites for hydroxylation is 1. The van der Waals surface area contributed by atoms with E-state index in [0.29, 0.717) is 10.0 Å². The van der Waals surface area contributed by atoms with Crippen molar-refractivity contribution in [3.05, 3.63) is 63.4 Å². The SMILES string of the molecule is Cc1nc2c(Cc3ccccc3)c(Cl)c(Cl)cc2[nH]1. The van der Waals surface area contributed by atoms with Crippen molar-refractivity contribution >= 4 is 34.2 Å². The van der Waals surface area contributed by atoms with Crippen molar-refractivity contribution in [3.8, 4) is 0 Å². The highest BCUT2D eigenvalue weighted by Crippen LogP contribution is 2.33. The summed E-state index contributed by atoms with van der Waals surface area (Å²) in [4.78, 5) is 7.71. The first-order valence-corrected chi connectivity index (χ1v) is 6.78. The molecule has 3 aromatic rings. The summed E-state index contributed by atoms with van der Waals surface area (Å²) >= 11 is 12.5. The Morgan fingerprint density at radius 2 is 1.89 bits per heavy atom. The highest BCUT2D eigenvalue weighted by atomic mass is 35.5. The molecule has 0 saturated heterocycles. The number of nitrogens with one attached hydrogen (secondary N) is 1. The van der Waals surface area contributed by atoms with E-state index in [1.54, 1.807) is 0 Å². The average molecular weight is 291 g/mol. The summed E-state index contributed by atoms with van der Waals surface area (Å²) in [6.45, 7) is 1.92. The van der Waals surface area contributed by atoms with Crippen LogP contribution < -0.4 is 0 Å². The van der Waals surface area contributed by atoms with Gasteiger partial charge >= 0.3 is 0 Å². The van der Waals surface area contributed by atoms with E-state index >= 15 is 0 Å². The molecule has 2 nitrogen and oxygen atoms in total. The van der Waals surface area contributed by atoms with Crippen LogP contribution in [0.3, 0.4) is 0 Å². The number of benzene rings is 2. The Bertz CT molecular complexity index is 733. The number of halogens is 2. The first-order chi connectivity index (χ1) is 9.15. The maximum absolute atomic E-state index is 6.35. The van der Waals surface area contributed by atoms with Crippen LogP contribution in [-0.4, -0.2) is 9.97 Å². The minimum absolute atomic E-state index is 0.559. The second kappa shape index (κ2) is 4.87. The molecule has 0 aliphatic carbocycles. The van der Waals surface area contributed by atoms with Crippen molar-refractivity contribution in [3.63, 3.8) is 0 Å². The highest BCUT2D eigenvalue weighted by Gasteiger charge is 2.14. The van der Waals surface area contributed by atoms with Gasteiger partial charge in [0, 0.05) is 12.0 Å². The van der Waals surface area contributed by atoms with Gasteiger partial charge in [0.15, 0.2) is 0 Å². The number of aromatic nitrogens is 2. The quantitative estimate of drug-likeness (QED) is 0.724. The summed E-state index contributed by atoms with van der Waals surface area (Å²) in [7, 11) is 0. The Labute approximate surface area is 121 Å². The van der Waals surface area contributed by atoms with Crippen molar-refractivity contribution in [1.82, 2.24) is 9.97 Å². The largest absolute Gasteiger partial charge is 0.342 e. The third-order valence-electron chi connectivity index (χ3n) is 3.11.